The Morgan fingerprint density at radius 2 is 2.04 bits per heavy atom. The lowest BCUT2D eigenvalue weighted by atomic mass is 10.1. The van der Waals surface area contributed by atoms with E-state index in [1.165, 1.54) is 6.39 Å². The standard InChI is InChI=1S/C18H15ClN2O3/c1-23-16-9-14(6-7-15(16)17-10-20-11-24-17)21-18(22)8-12-2-4-13(19)5-3-12/h2-7,9-11H,8H2,1H3,(H,21,22). The van der Waals surface area contributed by atoms with Crippen molar-refractivity contribution in [2.24, 2.45) is 0 Å². The Morgan fingerprint density at radius 1 is 1.25 bits per heavy atom. The van der Waals surface area contributed by atoms with E-state index >= 15 is 0 Å². The molecule has 122 valence electrons. The van der Waals surface area contributed by atoms with Crippen LogP contribution < -0.4 is 10.1 Å². The minimum Gasteiger partial charge on any atom is -0.496 e. The topological polar surface area (TPSA) is 64.4 Å². The summed E-state index contributed by atoms with van der Waals surface area (Å²) in [5.74, 6) is 1.08. The number of oxazole rings is 1. The first-order chi connectivity index (χ1) is 11.7. The van der Waals surface area contributed by atoms with E-state index in [1.54, 1.807) is 37.6 Å². The van der Waals surface area contributed by atoms with Crippen LogP contribution in [0.5, 0.6) is 5.75 Å². The van der Waals surface area contributed by atoms with Gasteiger partial charge in [-0.25, -0.2) is 4.98 Å². The van der Waals surface area contributed by atoms with E-state index < -0.39 is 0 Å². The van der Waals surface area contributed by atoms with Gasteiger partial charge in [0.1, 0.15) is 5.75 Å². The largest absolute Gasteiger partial charge is 0.496 e. The molecule has 24 heavy (non-hydrogen) atoms. The molecule has 1 amide bonds. The van der Waals surface area contributed by atoms with Crippen LogP contribution in [0.25, 0.3) is 11.3 Å². The molecule has 5 nitrogen and oxygen atoms in total. The molecule has 3 rings (SSSR count). The molecule has 1 aromatic heterocycles. The van der Waals surface area contributed by atoms with Gasteiger partial charge in [0.2, 0.25) is 5.91 Å². The van der Waals surface area contributed by atoms with Crippen LogP contribution in [-0.4, -0.2) is 18.0 Å². The lowest BCUT2D eigenvalue weighted by Gasteiger charge is -2.10. The number of ether oxygens (including phenoxy) is 1. The van der Waals surface area contributed by atoms with E-state index in [0.29, 0.717) is 22.2 Å². The van der Waals surface area contributed by atoms with Crippen molar-refractivity contribution in [1.29, 1.82) is 0 Å². The van der Waals surface area contributed by atoms with Crippen LogP contribution in [0.2, 0.25) is 5.02 Å². The minimum atomic E-state index is -0.119. The van der Waals surface area contributed by atoms with Gasteiger partial charge in [0.25, 0.3) is 0 Å². The van der Waals surface area contributed by atoms with Crippen molar-refractivity contribution < 1.29 is 13.9 Å². The summed E-state index contributed by atoms with van der Waals surface area (Å²) >= 11 is 5.84. The van der Waals surface area contributed by atoms with Gasteiger partial charge in [0, 0.05) is 16.8 Å². The van der Waals surface area contributed by atoms with E-state index in [2.05, 4.69) is 10.3 Å². The van der Waals surface area contributed by atoms with Gasteiger partial charge in [-0.3, -0.25) is 4.79 Å². The minimum absolute atomic E-state index is 0.119. The van der Waals surface area contributed by atoms with Crippen molar-refractivity contribution in [2.75, 3.05) is 12.4 Å². The SMILES string of the molecule is COc1cc(NC(=O)Cc2ccc(Cl)cc2)ccc1-c1cnco1. The number of benzene rings is 2. The fourth-order valence-electron chi connectivity index (χ4n) is 2.31. The molecule has 1 N–H and O–H groups in total. The Labute approximate surface area is 144 Å². The fourth-order valence-corrected chi connectivity index (χ4v) is 2.44. The Kier molecular flexibility index (Phi) is 4.82. The zero-order valence-corrected chi connectivity index (χ0v) is 13.7. The number of nitrogens with zero attached hydrogens (tertiary/aromatic N) is 1. The molecule has 0 spiro atoms. The van der Waals surface area contributed by atoms with Gasteiger partial charge < -0.3 is 14.5 Å². The molecule has 0 aliphatic carbocycles. The third kappa shape index (κ3) is 3.75. The molecular formula is C18H15ClN2O3. The Morgan fingerprint density at radius 3 is 2.71 bits per heavy atom. The lowest BCUT2D eigenvalue weighted by Crippen LogP contribution is -2.14. The second kappa shape index (κ2) is 7.19. The van der Waals surface area contributed by atoms with Crippen LogP contribution in [0.3, 0.4) is 0 Å². The van der Waals surface area contributed by atoms with Gasteiger partial charge in [-0.2, -0.15) is 0 Å². The number of methoxy groups -OCH3 is 1. The third-order valence-electron chi connectivity index (χ3n) is 3.46. The maximum absolute atomic E-state index is 12.2. The average molecular weight is 343 g/mol. The Hall–Kier alpha value is -2.79. The Bertz CT molecular complexity index is 830. The van der Waals surface area contributed by atoms with Gasteiger partial charge in [-0.05, 0) is 29.8 Å². The number of hydrogen-bond donors (Lipinski definition) is 1. The molecule has 0 radical (unpaired) electrons. The molecule has 0 atom stereocenters. The fraction of sp³-hybridized carbons (Fsp3) is 0.111. The van der Waals surface area contributed by atoms with Crippen LogP contribution in [0.1, 0.15) is 5.56 Å². The summed E-state index contributed by atoms with van der Waals surface area (Å²) in [4.78, 5) is 16.1. The summed E-state index contributed by atoms with van der Waals surface area (Å²) < 4.78 is 10.7. The molecule has 0 saturated carbocycles. The van der Waals surface area contributed by atoms with Crippen molar-refractivity contribution in [3.63, 3.8) is 0 Å². The molecule has 0 saturated heterocycles. The molecule has 1 heterocycles. The number of rotatable bonds is 5. The summed E-state index contributed by atoms with van der Waals surface area (Å²) in [6, 6.07) is 12.5. The summed E-state index contributed by atoms with van der Waals surface area (Å²) in [6.45, 7) is 0. The number of anilines is 1. The molecule has 0 aliphatic heterocycles. The second-order valence-corrected chi connectivity index (χ2v) is 5.57. The molecule has 0 bridgehead atoms. The highest BCUT2D eigenvalue weighted by atomic mass is 35.5. The van der Waals surface area contributed by atoms with Gasteiger partial charge in [0.05, 0.1) is 25.3 Å². The van der Waals surface area contributed by atoms with Crippen LogP contribution in [0, 0.1) is 0 Å². The van der Waals surface area contributed by atoms with E-state index in [1.807, 2.05) is 18.2 Å². The number of amides is 1. The number of hydrogen-bond acceptors (Lipinski definition) is 4. The van der Waals surface area contributed by atoms with Crippen molar-refractivity contribution in [2.45, 2.75) is 6.42 Å². The zero-order valence-electron chi connectivity index (χ0n) is 13.0. The first-order valence-corrected chi connectivity index (χ1v) is 7.64. The van der Waals surface area contributed by atoms with Crippen LogP contribution in [-0.2, 0) is 11.2 Å². The Balaban J connectivity index is 1.73. The van der Waals surface area contributed by atoms with Crippen LogP contribution in [0.4, 0.5) is 5.69 Å². The molecule has 0 unspecified atom stereocenters. The number of nitrogens with one attached hydrogen (secondary N) is 1. The molecule has 3 aromatic rings. The monoisotopic (exact) mass is 342 g/mol. The highest BCUT2D eigenvalue weighted by molar-refractivity contribution is 6.30. The number of carbonyl (C=O) groups excluding carboxylic acids is 1. The van der Waals surface area contributed by atoms with E-state index in [0.717, 1.165) is 11.1 Å². The van der Waals surface area contributed by atoms with Crippen molar-refractivity contribution >= 4 is 23.2 Å². The first kappa shape index (κ1) is 16.1. The third-order valence-corrected chi connectivity index (χ3v) is 3.71. The highest BCUT2D eigenvalue weighted by Gasteiger charge is 2.11. The number of carbonyl (C=O) groups is 1. The quantitative estimate of drug-likeness (QED) is 0.755. The average Bonchev–Trinajstić information content (AvgIpc) is 3.11. The number of halogens is 1. The van der Waals surface area contributed by atoms with Gasteiger partial charge in [-0.1, -0.05) is 23.7 Å². The van der Waals surface area contributed by atoms with Crippen molar-refractivity contribution in [3.8, 4) is 17.1 Å². The normalized spacial score (nSPS) is 10.4. The van der Waals surface area contributed by atoms with E-state index in [-0.39, 0.29) is 12.3 Å². The summed E-state index contributed by atoms with van der Waals surface area (Å²) in [5.41, 5.74) is 2.31. The maximum Gasteiger partial charge on any atom is 0.228 e. The molecule has 2 aromatic carbocycles. The van der Waals surface area contributed by atoms with E-state index in [9.17, 15) is 4.79 Å². The summed E-state index contributed by atoms with van der Waals surface area (Å²) in [6.07, 6.45) is 3.23. The highest BCUT2D eigenvalue weighted by Crippen LogP contribution is 2.32. The second-order valence-electron chi connectivity index (χ2n) is 5.13. The first-order valence-electron chi connectivity index (χ1n) is 7.27. The molecule has 0 fully saturated rings. The van der Waals surface area contributed by atoms with Crippen molar-refractivity contribution in [3.05, 3.63) is 65.6 Å². The summed E-state index contributed by atoms with van der Waals surface area (Å²) in [5, 5.41) is 3.50. The van der Waals surface area contributed by atoms with Gasteiger partial charge >= 0.3 is 0 Å². The van der Waals surface area contributed by atoms with Gasteiger partial charge in [0.15, 0.2) is 12.2 Å². The van der Waals surface area contributed by atoms with Gasteiger partial charge in [-0.15, -0.1) is 0 Å². The molecular weight excluding hydrogens is 328 g/mol. The molecule has 0 aliphatic rings. The zero-order chi connectivity index (χ0) is 16.9. The van der Waals surface area contributed by atoms with Crippen LogP contribution >= 0.6 is 11.6 Å². The predicted octanol–water partition coefficient (Wildman–Crippen LogP) is 4.18. The number of aromatic nitrogens is 1. The van der Waals surface area contributed by atoms with Crippen LogP contribution in [0.15, 0.2) is 59.5 Å². The predicted molar refractivity (Wildman–Crippen MR) is 92.3 cm³/mol. The smallest absolute Gasteiger partial charge is 0.228 e. The van der Waals surface area contributed by atoms with Crippen molar-refractivity contribution in [1.82, 2.24) is 4.98 Å². The van der Waals surface area contributed by atoms with E-state index in [4.69, 9.17) is 20.8 Å². The summed E-state index contributed by atoms with van der Waals surface area (Å²) in [7, 11) is 1.56. The lowest BCUT2D eigenvalue weighted by molar-refractivity contribution is -0.115. The molecule has 6 heteroatoms. The maximum atomic E-state index is 12.2.